The van der Waals surface area contributed by atoms with Crippen LogP contribution in [-0.2, 0) is 11.3 Å². The van der Waals surface area contributed by atoms with Crippen molar-refractivity contribution >= 4 is 5.97 Å². The number of hydrogen-bond donors (Lipinski definition) is 0. The molecule has 0 saturated heterocycles. The number of aromatic nitrogens is 3. The summed E-state index contributed by atoms with van der Waals surface area (Å²) < 4.78 is 12.2. The van der Waals surface area contributed by atoms with Gasteiger partial charge in [0.25, 0.3) is 0 Å². The molecule has 2 heterocycles. The number of methoxy groups -OCH3 is 1. The highest BCUT2D eigenvalue weighted by Crippen LogP contribution is 2.13. The Bertz CT molecular complexity index is 783. The van der Waals surface area contributed by atoms with Crippen molar-refractivity contribution in [1.82, 2.24) is 14.5 Å². The number of pyridine rings is 1. The predicted octanol–water partition coefficient (Wildman–Crippen LogP) is 2.63. The molecule has 0 aliphatic carbocycles. The first-order valence-electron chi connectivity index (χ1n) is 7.01. The minimum absolute atomic E-state index is 0.0965. The quantitative estimate of drug-likeness (QED) is 0.678. The maximum Gasteiger partial charge on any atom is 0.338 e. The lowest BCUT2D eigenvalue weighted by Gasteiger charge is -2.07. The molecule has 0 radical (unpaired) electrons. The minimum Gasteiger partial charge on any atom is -0.497 e. The van der Waals surface area contributed by atoms with Crippen molar-refractivity contribution in [2.24, 2.45) is 0 Å². The summed E-state index contributed by atoms with van der Waals surface area (Å²) in [6.45, 7) is 0.0965. The standard InChI is InChI=1S/C17H15N3O3/c1-22-16-6-7-19-14(10-16)11-23-17(21)13-2-4-15(5-3-13)20-9-8-18-12-20/h2-10,12H,11H2,1H3. The van der Waals surface area contributed by atoms with E-state index in [1.54, 1.807) is 50.1 Å². The number of nitrogens with zero attached hydrogens (tertiary/aromatic N) is 3. The van der Waals surface area contributed by atoms with E-state index in [-0.39, 0.29) is 6.61 Å². The third kappa shape index (κ3) is 3.55. The summed E-state index contributed by atoms with van der Waals surface area (Å²) in [5, 5.41) is 0. The van der Waals surface area contributed by atoms with Crippen LogP contribution in [0.1, 0.15) is 16.1 Å². The van der Waals surface area contributed by atoms with Crippen molar-refractivity contribution in [2.45, 2.75) is 6.61 Å². The highest BCUT2D eigenvalue weighted by Gasteiger charge is 2.08. The Morgan fingerprint density at radius 3 is 2.70 bits per heavy atom. The van der Waals surface area contributed by atoms with E-state index < -0.39 is 5.97 Å². The lowest BCUT2D eigenvalue weighted by atomic mass is 10.2. The van der Waals surface area contributed by atoms with E-state index in [9.17, 15) is 4.79 Å². The van der Waals surface area contributed by atoms with Crippen LogP contribution in [0.2, 0.25) is 0 Å². The van der Waals surface area contributed by atoms with Gasteiger partial charge in [-0.1, -0.05) is 0 Å². The van der Waals surface area contributed by atoms with Crippen LogP contribution in [0.5, 0.6) is 5.75 Å². The van der Waals surface area contributed by atoms with Gasteiger partial charge in [0, 0.05) is 30.3 Å². The Labute approximate surface area is 133 Å². The molecule has 0 atom stereocenters. The van der Waals surface area contributed by atoms with Crippen LogP contribution in [0.25, 0.3) is 5.69 Å². The molecule has 6 heteroatoms. The Balaban J connectivity index is 1.64. The molecule has 0 fully saturated rings. The van der Waals surface area contributed by atoms with Crippen molar-refractivity contribution < 1.29 is 14.3 Å². The van der Waals surface area contributed by atoms with Crippen LogP contribution in [0.3, 0.4) is 0 Å². The fourth-order valence-corrected chi connectivity index (χ4v) is 2.07. The van der Waals surface area contributed by atoms with Gasteiger partial charge in [0.1, 0.15) is 12.4 Å². The number of esters is 1. The fraction of sp³-hybridized carbons (Fsp3) is 0.118. The van der Waals surface area contributed by atoms with E-state index in [4.69, 9.17) is 9.47 Å². The third-order valence-electron chi connectivity index (χ3n) is 3.28. The SMILES string of the molecule is COc1ccnc(COC(=O)c2ccc(-n3ccnc3)cc2)c1. The van der Waals surface area contributed by atoms with Gasteiger partial charge in [-0.25, -0.2) is 9.78 Å². The number of carbonyl (C=O) groups is 1. The predicted molar refractivity (Wildman–Crippen MR) is 83.5 cm³/mol. The van der Waals surface area contributed by atoms with Gasteiger partial charge in [0.2, 0.25) is 0 Å². The van der Waals surface area contributed by atoms with Crippen molar-refractivity contribution in [3.05, 3.63) is 72.6 Å². The highest BCUT2D eigenvalue weighted by atomic mass is 16.5. The summed E-state index contributed by atoms with van der Waals surface area (Å²) in [6, 6.07) is 10.6. The van der Waals surface area contributed by atoms with Crippen LogP contribution >= 0.6 is 0 Å². The molecular weight excluding hydrogens is 294 g/mol. The molecule has 3 rings (SSSR count). The number of benzene rings is 1. The Morgan fingerprint density at radius 1 is 1.17 bits per heavy atom. The summed E-state index contributed by atoms with van der Waals surface area (Å²) in [4.78, 5) is 20.2. The number of ether oxygens (including phenoxy) is 2. The highest BCUT2D eigenvalue weighted by molar-refractivity contribution is 5.89. The second-order valence-electron chi connectivity index (χ2n) is 4.78. The zero-order valence-corrected chi connectivity index (χ0v) is 12.5. The monoisotopic (exact) mass is 309 g/mol. The summed E-state index contributed by atoms with van der Waals surface area (Å²) >= 11 is 0. The number of imidazole rings is 1. The second-order valence-corrected chi connectivity index (χ2v) is 4.78. The molecule has 116 valence electrons. The van der Waals surface area contributed by atoms with Crippen LogP contribution in [0.15, 0.2) is 61.3 Å². The molecule has 0 N–H and O–H groups in total. The average Bonchev–Trinajstić information content (AvgIpc) is 3.14. The largest absolute Gasteiger partial charge is 0.497 e. The normalized spacial score (nSPS) is 10.3. The second kappa shape index (κ2) is 6.74. The molecule has 0 saturated carbocycles. The van der Waals surface area contributed by atoms with E-state index in [1.165, 1.54) is 0 Å². The smallest absolute Gasteiger partial charge is 0.338 e. The Kier molecular flexibility index (Phi) is 4.33. The van der Waals surface area contributed by atoms with E-state index >= 15 is 0 Å². The lowest BCUT2D eigenvalue weighted by Crippen LogP contribution is -2.06. The van der Waals surface area contributed by atoms with Gasteiger partial charge in [-0.2, -0.15) is 0 Å². The van der Waals surface area contributed by atoms with Gasteiger partial charge in [-0.3, -0.25) is 4.98 Å². The van der Waals surface area contributed by atoms with Gasteiger partial charge in [-0.15, -0.1) is 0 Å². The molecule has 0 amide bonds. The van der Waals surface area contributed by atoms with Gasteiger partial charge in [0.05, 0.1) is 24.7 Å². The van der Waals surface area contributed by atoms with Crippen molar-refractivity contribution in [3.8, 4) is 11.4 Å². The molecule has 23 heavy (non-hydrogen) atoms. The van der Waals surface area contributed by atoms with Crippen LogP contribution in [-0.4, -0.2) is 27.6 Å². The Morgan fingerprint density at radius 2 is 2.00 bits per heavy atom. The third-order valence-corrected chi connectivity index (χ3v) is 3.28. The summed E-state index contributed by atoms with van der Waals surface area (Å²) in [6.07, 6.45) is 6.84. The van der Waals surface area contributed by atoms with E-state index in [0.29, 0.717) is 17.0 Å². The van der Waals surface area contributed by atoms with E-state index in [1.807, 2.05) is 22.9 Å². The van der Waals surface area contributed by atoms with Crippen molar-refractivity contribution in [3.63, 3.8) is 0 Å². The molecule has 3 aromatic rings. The van der Waals surface area contributed by atoms with E-state index in [2.05, 4.69) is 9.97 Å². The minimum atomic E-state index is -0.396. The van der Waals surface area contributed by atoms with Gasteiger partial charge < -0.3 is 14.0 Å². The molecule has 2 aromatic heterocycles. The first-order valence-corrected chi connectivity index (χ1v) is 7.01. The van der Waals surface area contributed by atoms with Crippen LogP contribution in [0.4, 0.5) is 0 Å². The lowest BCUT2D eigenvalue weighted by molar-refractivity contribution is 0.0467. The first kappa shape index (κ1) is 14.8. The van der Waals surface area contributed by atoms with Gasteiger partial charge >= 0.3 is 5.97 Å². The molecule has 6 nitrogen and oxygen atoms in total. The molecule has 0 aliphatic heterocycles. The fourth-order valence-electron chi connectivity index (χ4n) is 2.07. The van der Waals surface area contributed by atoms with Crippen LogP contribution in [0, 0.1) is 0 Å². The number of rotatable bonds is 5. The van der Waals surface area contributed by atoms with Gasteiger partial charge in [0.15, 0.2) is 0 Å². The maximum absolute atomic E-state index is 12.1. The topological polar surface area (TPSA) is 66.2 Å². The molecular formula is C17H15N3O3. The first-order chi connectivity index (χ1) is 11.3. The summed E-state index contributed by atoms with van der Waals surface area (Å²) in [7, 11) is 1.58. The molecule has 0 bridgehead atoms. The molecule has 0 aliphatic rings. The van der Waals surface area contributed by atoms with Gasteiger partial charge in [-0.05, 0) is 30.3 Å². The molecule has 0 unspecified atom stereocenters. The van der Waals surface area contributed by atoms with Crippen molar-refractivity contribution in [2.75, 3.05) is 7.11 Å². The average molecular weight is 309 g/mol. The molecule has 0 spiro atoms. The zero-order valence-electron chi connectivity index (χ0n) is 12.5. The number of hydrogen-bond acceptors (Lipinski definition) is 5. The number of carbonyl (C=O) groups excluding carboxylic acids is 1. The summed E-state index contributed by atoms with van der Waals surface area (Å²) in [5.41, 5.74) is 2.04. The summed E-state index contributed by atoms with van der Waals surface area (Å²) in [5.74, 6) is 0.280. The Hall–Kier alpha value is -3.15. The molecule has 1 aromatic carbocycles. The maximum atomic E-state index is 12.1. The van der Waals surface area contributed by atoms with Crippen LogP contribution < -0.4 is 4.74 Å². The van der Waals surface area contributed by atoms with Crippen molar-refractivity contribution in [1.29, 1.82) is 0 Å². The zero-order chi connectivity index (χ0) is 16.1. The van der Waals surface area contributed by atoms with E-state index in [0.717, 1.165) is 5.69 Å².